The van der Waals surface area contributed by atoms with Crippen LogP contribution < -0.4 is 5.73 Å². The molecule has 2 rings (SSSR count). The van der Waals surface area contributed by atoms with Crippen molar-refractivity contribution in [1.82, 2.24) is 10.2 Å². The fourth-order valence-corrected chi connectivity index (χ4v) is 3.05. The predicted molar refractivity (Wildman–Crippen MR) is 63.7 cm³/mol. The molecule has 0 saturated heterocycles. The molecule has 0 amide bonds. The number of aromatic nitrogens is 2. The number of nitrogens with one attached hydrogen (secondary N) is 1. The van der Waals surface area contributed by atoms with E-state index in [1.165, 1.54) is 0 Å². The molecular weight excluding hydrogens is 218 g/mol. The van der Waals surface area contributed by atoms with Crippen molar-refractivity contribution >= 4 is 5.97 Å². The van der Waals surface area contributed by atoms with Crippen molar-refractivity contribution in [3.05, 3.63) is 17.5 Å². The summed E-state index contributed by atoms with van der Waals surface area (Å²) in [6.07, 6.45) is 5.08. The molecule has 1 atom stereocenters. The van der Waals surface area contributed by atoms with E-state index in [1.807, 2.05) is 6.92 Å². The summed E-state index contributed by atoms with van der Waals surface area (Å²) in [7, 11) is 0. The number of aromatic amines is 1. The predicted octanol–water partition coefficient (Wildman–Crippen LogP) is 1.41. The topological polar surface area (TPSA) is 92.0 Å². The Hall–Kier alpha value is -1.36. The van der Waals surface area contributed by atoms with Crippen LogP contribution in [-0.2, 0) is 4.79 Å². The first kappa shape index (κ1) is 12.1. The van der Waals surface area contributed by atoms with Crippen molar-refractivity contribution in [2.75, 3.05) is 6.54 Å². The summed E-state index contributed by atoms with van der Waals surface area (Å²) in [5, 5.41) is 16.5. The average molecular weight is 237 g/mol. The molecule has 1 aliphatic rings. The van der Waals surface area contributed by atoms with Crippen LogP contribution in [0.2, 0.25) is 0 Å². The normalized spacial score (nSPS) is 20.4. The van der Waals surface area contributed by atoms with E-state index in [-0.39, 0.29) is 5.92 Å². The van der Waals surface area contributed by atoms with Crippen molar-refractivity contribution in [3.8, 4) is 0 Å². The first-order chi connectivity index (χ1) is 8.12. The van der Waals surface area contributed by atoms with Gasteiger partial charge in [0.05, 0.1) is 11.6 Å². The summed E-state index contributed by atoms with van der Waals surface area (Å²) in [6, 6.07) is 0. The van der Waals surface area contributed by atoms with Crippen LogP contribution in [0, 0.1) is 12.3 Å². The van der Waals surface area contributed by atoms with Crippen LogP contribution in [-0.4, -0.2) is 27.8 Å². The molecule has 0 aliphatic heterocycles. The van der Waals surface area contributed by atoms with Crippen LogP contribution in [0.15, 0.2) is 6.20 Å². The summed E-state index contributed by atoms with van der Waals surface area (Å²) >= 11 is 0. The van der Waals surface area contributed by atoms with E-state index in [0.717, 1.165) is 24.1 Å². The molecule has 0 unspecified atom stereocenters. The fourth-order valence-electron chi connectivity index (χ4n) is 3.05. The first-order valence-electron chi connectivity index (χ1n) is 6.05. The van der Waals surface area contributed by atoms with E-state index in [2.05, 4.69) is 10.2 Å². The van der Waals surface area contributed by atoms with Gasteiger partial charge in [0.15, 0.2) is 0 Å². The number of carboxylic acid groups (broad SMARTS) is 1. The number of aliphatic carboxylic acids is 1. The number of H-pyrrole nitrogens is 1. The number of rotatable bonds is 4. The highest BCUT2D eigenvalue weighted by atomic mass is 16.4. The molecular formula is C12H19N3O2. The summed E-state index contributed by atoms with van der Waals surface area (Å²) in [5.41, 5.74) is 7.00. The number of nitrogens with two attached hydrogens (primary N) is 1. The maximum Gasteiger partial charge on any atom is 0.310 e. The minimum Gasteiger partial charge on any atom is -0.481 e. The molecule has 1 aromatic heterocycles. The number of hydrogen-bond acceptors (Lipinski definition) is 3. The summed E-state index contributed by atoms with van der Waals surface area (Å²) in [4.78, 5) is 11.6. The monoisotopic (exact) mass is 237 g/mol. The van der Waals surface area contributed by atoms with E-state index in [9.17, 15) is 9.90 Å². The zero-order valence-electron chi connectivity index (χ0n) is 10.1. The highest BCUT2D eigenvalue weighted by molar-refractivity contribution is 5.76. The third-order valence-electron chi connectivity index (χ3n) is 4.04. The third kappa shape index (κ3) is 1.84. The van der Waals surface area contributed by atoms with Crippen molar-refractivity contribution in [1.29, 1.82) is 0 Å². The molecule has 0 radical (unpaired) electrons. The lowest BCUT2D eigenvalue weighted by molar-refractivity contribution is -0.150. The van der Waals surface area contributed by atoms with Gasteiger partial charge in [0.2, 0.25) is 0 Å². The molecule has 5 nitrogen and oxygen atoms in total. The number of carboxylic acids is 1. The number of carbonyl (C=O) groups is 1. The van der Waals surface area contributed by atoms with Crippen LogP contribution >= 0.6 is 0 Å². The van der Waals surface area contributed by atoms with Crippen molar-refractivity contribution in [2.45, 2.75) is 38.5 Å². The lowest BCUT2D eigenvalue weighted by atomic mass is 9.71. The Kier molecular flexibility index (Phi) is 3.19. The van der Waals surface area contributed by atoms with Gasteiger partial charge in [0.1, 0.15) is 0 Å². The van der Waals surface area contributed by atoms with E-state index >= 15 is 0 Å². The highest BCUT2D eigenvalue weighted by Gasteiger charge is 2.48. The molecule has 0 aromatic carbocycles. The lowest BCUT2D eigenvalue weighted by Gasteiger charge is -2.32. The Morgan fingerprint density at radius 2 is 2.29 bits per heavy atom. The molecule has 0 bridgehead atoms. The van der Waals surface area contributed by atoms with Crippen molar-refractivity contribution in [3.63, 3.8) is 0 Å². The third-order valence-corrected chi connectivity index (χ3v) is 4.04. The molecule has 1 aliphatic carbocycles. The van der Waals surface area contributed by atoms with Gasteiger partial charge >= 0.3 is 5.97 Å². The van der Waals surface area contributed by atoms with E-state index in [4.69, 9.17) is 5.73 Å². The van der Waals surface area contributed by atoms with E-state index < -0.39 is 11.4 Å². The Balaban J connectivity index is 2.40. The van der Waals surface area contributed by atoms with Gasteiger partial charge in [-0.05, 0) is 25.3 Å². The van der Waals surface area contributed by atoms with Gasteiger partial charge in [0, 0.05) is 18.2 Å². The van der Waals surface area contributed by atoms with E-state index in [1.54, 1.807) is 6.20 Å². The molecule has 0 spiro atoms. The second-order valence-corrected chi connectivity index (χ2v) is 4.92. The molecule has 1 aromatic rings. The second kappa shape index (κ2) is 4.49. The molecule has 5 heteroatoms. The minimum absolute atomic E-state index is 0.162. The standard InChI is InChI=1S/C12H19N3O2/c1-8-7-14-15-10(8)9(6-13)12(11(16)17)4-2-3-5-12/h7,9H,2-6,13H2,1H3,(H,14,15)(H,16,17)/t9-/m0/s1. The Morgan fingerprint density at radius 1 is 1.65 bits per heavy atom. The van der Waals surface area contributed by atoms with Crippen LogP contribution in [0.25, 0.3) is 0 Å². The maximum absolute atomic E-state index is 11.6. The first-order valence-corrected chi connectivity index (χ1v) is 6.05. The summed E-state index contributed by atoms with van der Waals surface area (Å²) in [5.74, 6) is -0.885. The number of nitrogens with zero attached hydrogens (tertiary/aromatic N) is 1. The second-order valence-electron chi connectivity index (χ2n) is 4.92. The Labute approximate surface area is 100 Å². The quantitative estimate of drug-likeness (QED) is 0.738. The van der Waals surface area contributed by atoms with Crippen LogP contribution in [0.3, 0.4) is 0 Å². The largest absolute Gasteiger partial charge is 0.481 e. The van der Waals surface area contributed by atoms with E-state index in [0.29, 0.717) is 19.4 Å². The molecule has 1 heterocycles. The van der Waals surface area contributed by atoms with Crippen molar-refractivity contribution < 1.29 is 9.90 Å². The average Bonchev–Trinajstić information content (AvgIpc) is 2.91. The molecule has 1 saturated carbocycles. The van der Waals surface area contributed by atoms with Gasteiger partial charge in [0.25, 0.3) is 0 Å². The van der Waals surface area contributed by atoms with Gasteiger partial charge in [-0.15, -0.1) is 0 Å². The number of hydrogen-bond donors (Lipinski definition) is 3. The van der Waals surface area contributed by atoms with Gasteiger partial charge in [-0.3, -0.25) is 9.89 Å². The zero-order valence-corrected chi connectivity index (χ0v) is 10.1. The van der Waals surface area contributed by atoms with Crippen molar-refractivity contribution in [2.24, 2.45) is 11.1 Å². The van der Waals surface area contributed by atoms with Crippen LogP contribution in [0.1, 0.15) is 42.9 Å². The molecule has 1 fully saturated rings. The summed E-state index contributed by atoms with van der Waals surface area (Å²) < 4.78 is 0. The van der Waals surface area contributed by atoms with Gasteiger partial charge in [-0.2, -0.15) is 5.10 Å². The SMILES string of the molecule is Cc1cn[nH]c1[C@H](CN)C1(C(=O)O)CCCC1. The van der Waals surface area contributed by atoms with Gasteiger partial charge < -0.3 is 10.8 Å². The maximum atomic E-state index is 11.6. The minimum atomic E-state index is -0.723. The smallest absolute Gasteiger partial charge is 0.310 e. The van der Waals surface area contributed by atoms with Crippen LogP contribution in [0.5, 0.6) is 0 Å². The lowest BCUT2D eigenvalue weighted by Crippen LogP contribution is -2.39. The molecule has 94 valence electrons. The fraction of sp³-hybridized carbons (Fsp3) is 0.667. The molecule has 4 N–H and O–H groups in total. The van der Waals surface area contributed by atoms with Crippen LogP contribution in [0.4, 0.5) is 0 Å². The zero-order chi connectivity index (χ0) is 12.5. The number of aryl methyl sites for hydroxylation is 1. The Bertz CT molecular complexity index is 408. The highest BCUT2D eigenvalue weighted by Crippen LogP contribution is 2.48. The Morgan fingerprint density at radius 3 is 2.71 bits per heavy atom. The van der Waals surface area contributed by atoms with Gasteiger partial charge in [-0.25, -0.2) is 0 Å². The molecule has 17 heavy (non-hydrogen) atoms. The summed E-state index contributed by atoms with van der Waals surface area (Å²) in [6.45, 7) is 2.28. The van der Waals surface area contributed by atoms with Gasteiger partial charge in [-0.1, -0.05) is 12.8 Å².